The van der Waals surface area contributed by atoms with Gasteiger partial charge in [0.15, 0.2) is 28.0 Å². The van der Waals surface area contributed by atoms with Gasteiger partial charge in [0.25, 0.3) is 17.7 Å². The Morgan fingerprint density at radius 2 is 1.41 bits per heavy atom. The van der Waals surface area contributed by atoms with Gasteiger partial charge in [0, 0.05) is 43.4 Å². The van der Waals surface area contributed by atoms with Crippen LogP contribution in [0.4, 0.5) is 9.93 Å². The van der Waals surface area contributed by atoms with E-state index in [0.29, 0.717) is 53.3 Å². The van der Waals surface area contributed by atoms with E-state index >= 15 is 0 Å². The Balaban J connectivity index is 1.05. The molecule has 2 aromatic heterocycles. The van der Waals surface area contributed by atoms with Crippen LogP contribution in [0.3, 0.4) is 0 Å². The zero-order chi connectivity index (χ0) is 69.6. The maximum absolute atomic E-state index is 14.7. The maximum atomic E-state index is 14.7. The predicted octanol–water partition coefficient (Wildman–Crippen LogP) is 9.99. The zero-order valence-electron chi connectivity index (χ0n) is 55.7. The summed E-state index contributed by atoms with van der Waals surface area (Å²) in [4.78, 5) is 112. The van der Waals surface area contributed by atoms with Crippen LogP contribution in [-0.2, 0) is 64.6 Å². The fraction of sp³-hybridized carbons (Fsp3) is 0.412. The molecule has 0 spiro atoms. The molecule has 2 aliphatic rings. The first-order valence-corrected chi connectivity index (χ1v) is 33.1. The number of benzene rings is 4. The normalized spacial score (nSPS) is 14.8. The van der Waals surface area contributed by atoms with E-state index in [9.17, 15) is 33.6 Å². The van der Waals surface area contributed by atoms with E-state index in [1.165, 1.54) is 47.7 Å². The summed E-state index contributed by atoms with van der Waals surface area (Å²) in [6.45, 7) is 19.6. The van der Waals surface area contributed by atoms with E-state index in [1.807, 2.05) is 48.2 Å². The minimum absolute atomic E-state index is 0.00253. The third-order valence-corrected chi connectivity index (χ3v) is 17.1. The molecule has 3 N–H and O–H groups in total. The lowest BCUT2D eigenvalue weighted by Gasteiger charge is -2.50. The van der Waals surface area contributed by atoms with Crippen LogP contribution in [0, 0.1) is 0 Å². The number of ether oxygens (including phenoxy) is 8. The fourth-order valence-corrected chi connectivity index (χ4v) is 12.1. The highest BCUT2D eigenvalue weighted by Crippen LogP contribution is 2.43. The van der Waals surface area contributed by atoms with Crippen molar-refractivity contribution in [3.05, 3.63) is 151 Å². The van der Waals surface area contributed by atoms with Gasteiger partial charge >= 0.3 is 18.0 Å². The number of carbonyl (C=O) groups is 6. The van der Waals surface area contributed by atoms with Crippen LogP contribution >= 0.6 is 34.7 Å². The van der Waals surface area contributed by atoms with Gasteiger partial charge in [-0.3, -0.25) is 39.0 Å². The molecule has 1 fully saturated rings. The Morgan fingerprint density at radius 3 is 1.98 bits per heavy atom. The molecule has 4 amide bonds. The number of thiazole rings is 1. The number of esters is 2. The van der Waals surface area contributed by atoms with E-state index < -0.39 is 80.8 Å². The highest BCUT2D eigenvalue weighted by Gasteiger charge is 2.55. The van der Waals surface area contributed by atoms with Crippen LogP contribution in [0.2, 0.25) is 5.02 Å². The third-order valence-electron chi connectivity index (χ3n) is 14.6. The van der Waals surface area contributed by atoms with Crippen molar-refractivity contribution in [2.75, 3.05) is 58.6 Å². The lowest BCUT2D eigenvalue weighted by Crippen LogP contribution is -2.71. The molecular formula is C68H80ClN9O16S2. The molecule has 25 nitrogen and oxygen atoms in total. The number of nitrogens with zero attached hydrogens (tertiary/aromatic N) is 6. The van der Waals surface area contributed by atoms with E-state index in [0.717, 1.165) is 22.5 Å². The lowest BCUT2D eigenvalue weighted by atomic mass is 10.0. The number of hydrogen-bond acceptors (Lipinski definition) is 22. The first-order chi connectivity index (χ1) is 45.6. The number of aryl methyl sites for hydroxylation is 1. The molecule has 28 heteroatoms. The average molecular weight is 1380 g/mol. The zero-order valence-corrected chi connectivity index (χ0v) is 58.1. The number of unbranched alkanes of at least 4 members (excludes halogenated alkanes) is 1. The number of carbonyl (C=O) groups excluding carboxylic acids is 6. The molecule has 96 heavy (non-hydrogen) atoms. The number of aromatic nitrogens is 3. The molecule has 8 rings (SSSR count). The van der Waals surface area contributed by atoms with Crippen molar-refractivity contribution in [3.8, 4) is 28.7 Å². The summed E-state index contributed by atoms with van der Waals surface area (Å²) in [5.74, 6) is -1.57. The van der Waals surface area contributed by atoms with Crippen LogP contribution < -0.4 is 45.1 Å². The van der Waals surface area contributed by atoms with E-state index in [4.69, 9.17) is 54.3 Å². The third kappa shape index (κ3) is 18.6. The summed E-state index contributed by atoms with van der Waals surface area (Å²) in [5, 5.41) is 17.4. The summed E-state index contributed by atoms with van der Waals surface area (Å²) in [6.07, 6.45) is 2.21. The van der Waals surface area contributed by atoms with Crippen molar-refractivity contribution < 1.29 is 71.5 Å². The number of oxime groups is 1. The van der Waals surface area contributed by atoms with Crippen molar-refractivity contribution in [2.45, 2.75) is 130 Å². The van der Waals surface area contributed by atoms with Gasteiger partial charge in [-0.15, -0.1) is 29.7 Å². The molecular weight excluding hydrogens is 1300 g/mol. The van der Waals surface area contributed by atoms with Gasteiger partial charge in [0.1, 0.15) is 71.1 Å². The number of fused-ring (bicyclic) bond motifs is 2. The van der Waals surface area contributed by atoms with E-state index in [1.54, 1.807) is 104 Å². The molecule has 2 atom stereocenters. The quantitative estimate of drug-likeness (QED) is 0.00718. The lowest BCUT2D eigenvalue weighted by molar-refractivity contribution is -0.179. The van der Waals surface area contributed by atoms with Crippen molar-refractivity contribution in [3.63, 3.8) is 0 Å². The van der Waals surface area contributed by atoms with Crippen molar-refractivity contribution in [1.29, 1.82) is 0 Å². The van der Waals surface area contributed by atoms with Crippen LogP contribution in [0.1, 0.15) is 108 Å². The van der Waals surface area contributed by atoms with Crippen LogP contribution in [0.15, 0.2) is 118 Å². The molecule has 0 radical (unpaired) electrons. The molecule has 512 valence electrons. The molecule has 0 aliphatic carbocycles. The second-order valence-corrected chi connectivity index (χ2v) is 26.9. The topological polar surface area (TPSA) is 288 Å². The number of thioether (sulfide) groups is 1. The Hall–Kier alpha value is -9.18. The minimum atomic E-state index is -1.73. The molecule has 4 aromatic carbocycles. The molecule has 6 aromatic rings. The number of anilines is 1. The number of nitrogens with one attached hydrogen (secondary N) is 3. The van der Waals surface area contributed by atoms with Crippen LogP contribution in [-0.4, -0.2) is 148 Å². The van der Waals surface area contributed by atoms with Crippen molar-refractivity contribution in [1.82, 2.24) is 35.2 Å². The molecule has 4 heterocycles. The van der Waals surface area contributed by atoms with Gasteiger partial charge < -0.3 is 53.4 Å². The predicted molar refractivity (Wildman–Crippen MR) is 364 cm³/mol. The molecule has 0 saturated carbocycles. The first kappa shape index (κ1) is 72.6. The number of hydrogen-bond donors (Lipinski definition) is 3. The molecule has 0 bridgehead atoms. The maximum Gasteiger partial charge on any atom is 0.413 e. The second-order valence-electron chi connectivity index (χ2n) is 24.6. The van der Waals surface area contributed by atoms with Gasteiger partial charge in [-0.05, 0) is 140 Å². The molecule has 0 unspecified atom stereocenters. The van der Waals surface area contributed by atoms with Crippen LogP contribution in [0.5, 0.6) is 28.7 Å². The first-order valence-electron chi connectivity index (χ1n) is 30.8. The van der Waals surface area contributed by atoms with Crippen LogP contribution in [0.25, 0.3) is 10.9 Å². The van der Waals surface area contributed by atoms with Gasteiger partial charge in [0.05, 0.1) is 37.3 Å². The number of allylic oxidation sites excluding steroid dienone is 1. The number of rotatable bonds is 30. The average Bonchev–Trinajstić information content (AvgIpc) is 0.799. The Morgan fingerprint density at radius 1 is 0.812 bits per heavy atom. The number of amides is 4. The van der Waals surface area contributed by atoms with Gasteiger partial charge in [-0.25, -0.2) is 19.4 Å². The standard InChI is InChI=1S/C68H80ClN9O16S2/c1-14-16-17-31-76(32-30-70-58(80)53-56(79)50-48(77(15-2)74-53)33-49(89-35-40-18-24-44(86-11)25-19-40)57(51(50)69)90-36-41-20-26-45(87-12)27-21-41)34-43-38-95-61-54(60(82)78(61)55(43)62(83)91-37-42-22-28-46(88-13)29-23-42)72-59(81)52(75-94-68(9,10)63(84)92-66(3,4)5)47-39-96-64(71-47)73-65(85)93-67(6,7)8/h14,18-29,33,39,54,61H,1,15-17,30-32,34-38H2,2-13H3,(H,70,80)(H,72,81)(H,71,73,85)/b75-52-/t54-,61-/m1/s1. The van der Waals surface area contributed by atoms with Gasteiger partial charge in [-0.2, -0.15) is 5.10 Å². The summed E-state index contributed by atoms with van der Waals surface area (Å²) in [5.41, 5.74) is -2.16. The number of methoxy groups -OCH3 is 3. The monoisotopic (exact) mass is 1380 g/mol. The van der Waals surface area contributed by atoms with Crippen molar-refractivity contribution in [2.24, 2.45) is 5.16 Å². The number of halogens is 1. The molecule has 2 aliphatic heterocycles. The molecule has 1 saturated heterocycles. The van der Waals surface area contributed by atoms with Crippen molar-refractivity contribution >= 4 is 92.2 Å². The Kier molecular flexibility index (Phi) is 24.2. The highest BCUT2D eigenvalue weighted by molar-refractivity contribution is 8.00. The van der Waals surface area contributed by atoms with E-state index in [2.05, 4.69) is 37.8 Å². The van der Waals surface area contributed by atoms with Gasteiger partial charge in [0.2, 0.25) is 11.0 Å². The Bertz CT molecular complexity index is 3960. The summed E-state index contributed by atoms with van der Waals surface area (Å²) < 4.78 is 47.1. The summed E-state index contributed by atoms with van der Waals surface area (Å²) in [6, 6.07) is 21.9. The summed E-state index contributed by atoms with van der Waals surface area (Å²) >= 11 is 9.44. The van der Waals surface area contributed by atoms with E-state index in [-0.39, 0.29) is 90.2 Å². The Labute approximate surface area is 569 Å². The largest absolute Gasteiger partial charge is 0.497 e. The highest BCUT2D eigenvalue weighted by atomic mass is 35.5. The number of β-lactam (4-membered cyclic amide) rings is 1. The minimum Gasteiger partial charge on any atom is -0.497 e. The van der Waals surface area contributed by atoms with Gasteiger partial charge in [-0.1, -0.05) is 59.2 Å². The second kappa shape index (κ2) is 32.0. The SMILES string of the molecule is C=CCCCN(CCNC(=O)c1nn(CC)c2cc(OCc3ccc(OC)cc3)c(OCc3ccc(OC)cc3)c(Cl)c2c1=O)CC1=C(C(=O)OCc2ccc(OC)cc2)N2C(=O)[C@@H](NC(=O)/C(=N\OC(C)(C)C(=O)OC(C)(C)C)c3csc(NC(=O)OC(C)(C)C)n3)[C@H]2SC1. The fourth-order valence-electron chi connectivity index (χ4n) is 9.73. The summed E-state index contributed by atoms with van der Waals surface area (Å²) in [7, 11) is 4.68. The smallest absolute Gasteiger partial charge is 0.413 e.